The van der Waals surface area contributed by atoms with E-state index in [-0.39, 0.29) is 6.54 Å². The van der Waals surface area contributed by atoms with Gasteiger partial charge in [0.2, 0.25) is 0 Å². The molecule has 2 rings (SSSR count). The first-order chi connectivity index (χ1) is 9.31. The van der Waals surface area contributed by atoms with E-state index in [2.05, 4.69) is 47.4 Å². The van der Waals surface area contributed by atoms with Gasteiger partial charge in [-0.3, -0.25) is 4.79 Å². The minimum absolute atomic E-state index is 0.188. The van der Waals surface area contributed by atoms with Crippen LogP contribution in [-0.2, 0) is 11.3 Å². The number of hydrogen-bond donors (Lipinski definition) is 1. The number of carboxylic acid groups (broad SMARTS) is 1. The number of aliphatic carboxylic acids is 1. The molecule has 0 radical (unpaired) electrons. The van der Waals surface area contributed by atoms with Crippen LogP contribution in [0.1, 0.15) is 13.8 Å². The Hall–Kier alpha value is -1.28. The van der Waals surface area contributed by atoms with Crippen molar-refractivity contribution < 1.29 is 9.90 Å². The maximum atomic E-state index is 11.2. The van der Waals surface area contributed by atoms with Gasteiger partial charge in [-0.1, -0.05) is 15.9 Å². The van der Waals surface area contributed by atoms with Crippen LogP contribution in [-0.4, -0.2) is 31.3 Å². The summed E-state index contributed by atoms with van der Waals surface area (Å²) >= 11 is 6.84. The van der Waals surface area contributed by atoms with E-state index in [0.717, 1.165) is 14.5 Å². The van der Waals surface area contributed by atoms with E-state index in [1.54, 1.807) is 13.8 Å². The number of tetrazole rings is 1. The molecule has 0 fully saturated rings. The number of aromatic nitrogens is 4. The first-order valence-electron chi connectivity index (χ1n) is 5.76. The average molecular weight is 404 g/mol. The van der Waals surface area contributed by atoms with E-state index in [9.17, 15) is 9.90 Å². The van der Waals surface area contributed by atoms with Gasteiger partial charge in [-0.25, -0.2) is 4.68 Å². The van der Waals surface area contributed by atoms with Gasteiger partial charge in [0.25, 0.3) is 0 Å². The van der Waals surface area contributed by atoms with Gasteiger partial charge in [0.05, 0.1) is 12.0 Å². The monoisotopic (exact) mass is 402 g/mol. The molecule has 6 nitrogen and oxygen atoms in total. The van der Waals surface area contributed by atoms with E-state index in [4.69, 9.17) is 0 Å². The summed E-state index contributed by atoms with van der Waals surface area (Å²) in [4.78, 5) is 11.2. The fraction of sp³-hybridized carbons (Fsp3) is 0.333. The molecule has 8 heteroatoms. The molecule has 1 aromatic heterocycles. The van der Waals surface area contributed by atoms with Crippen LogP contribution in [0, 0.1) is 5.41 Å². The Morgan fingerprint density at radius 3 is 2.70 bits per heavy atom. The van der Waals surface area contributed by atoms with Gasteiger partial charge in [-0.05, 0) is 58.4 Å². The summed E-state index contributed by atoms with van der Waals surface area (Å²) in [5.74, 6) is -0.368. The number of rotatable bonds is 4. The quantitative estimate of drug-likeness (QED) is 0.848. The van der Waals surface area contributed by atoms with Crippen molar-refractivity contribution >= 4 is 37.8 Å². The minimum Gasteiger partial charge on any atom is -0.481 e. The molecule has 20 heavy (non-hydrogen) atoms. The zero-order valence-corrected chi connectivity index (χ0v) is 14.0. The molecule has 2 aromatic rings. The van der Waals surface area contributed by atoms with Crippen molar-refractivity contribution in [1.82, 2.24) is 20.2 Å². The van der Waals surface area contributed by atoms with Crippen molar-refractivity contribution in [2.45, 2.75) is 20.4 Å². The summed E-state index contributed by atoms with van der Waals surface area (Å²) in [5.41, 5.74) is -0.147. The SMILES string of the molecule is CC(C)(Cn1nnnc1-c1ccc(Br)cc1Br)C(=O)O. The van der Waals surface area contributed by atoms with Crippen LogP contribution in [0.2, 0.25) is 0 Å². The fourth-order valence-corrected chi connectivity index (χ4v) is 2.84. The molecule has 0 atom stereocenters. The highest BCUT2D eigenvalue weighted by Gasteiger charge is 2.29. The smallest absolute Gasteiger partial charge is 0.310 e. The second-order valence-corrected chi connectivity index (χ2v) is 6.74. The Morgan fingerprint density at radius 2 is 2.10 bits per heavy atom. The van der Waals surface area contributed by atoms with Crippen LogP contribution >= 0.6 is 31.9 Å². The fourth-order valence-electron chi connectivity index (χ4n) is 1.62. The summed E-state index contributed by atoms with van der Waals surface area (Å²) in [6.07, 6.45) is 0. The average Bonchev–Trinajstić information content (AvgIpc) is 2.76. The Balaban J connectivity index is 2.41. The number of hydrogen-bond acceptors (Lipinski definition) is 4. The first kappa shape index (κ1) is 15.1. The van der Waals surface area contributed by atoms with E-state index >= 15 is 0 Å². The largest absolute Gasteiger partial charge is 0.481 e. The molecule has 106 valence electrons. The zero-order chi connectivity index (χ0) is 14.9. The molecule has 0 spiro atoms. The third-order valence-corrected chi connectivity index (χ3v) is 3.98. The molecule has 0 saturated carbocycles. The maximum absolute atomic E-state index is 11.2. The molecular formula is C12H12Br2N4O2. The number of carbonyl (C=O) groups is 1. The summed E-state index contributed by atoms with van der Waals surface area (Å²) in [6, 6.07) is 5.63. The molecular weight excluding hydrogens is 392 g/mol. The molecule has 0 unspecified atom stereocenters. The number of halogens is 2. The Bertz CT molecular complexity index is 655. The van der Waals surface area contributed by atoms with Crippen molar-refractivity contribution in [2.24, 2.45) is 5.41 Å². The lowest BCUT2D eigenvalue weighted by molar-refractivity contribution is -0.147. The maximum Gasteiger partial charge on any atom is 0.310 e. The lowest BCUT2D eigenvalue weighted by Crippen LogP contribution is -2.30. The van der Waals surface area contributed by atoms with Crippen LogP contribution in [0.4, 0.5) is 0 Å². The molecule has 0 bridgehead atoms. The van der Waals surface area contributed by atoms with Crippen molar-refractivity contribution in [3.8, 4) is 11.4 Å². The van der Waals surface area contributed by atoms with E-state index < -0.39 is 11.4 Å². The van der Waals surface area contributed by atoms with Gasteiger partial charge in [0, 0.05) is 14.5 Å². The Morgan fingerprint density at radius 1 is 1.40 bits per heavy atom. The predicted molar refractivity (Wildman–Crippen MR) is 80.1 cm³/mol. The van der Waals surface area contributed by atoms with Gasteiger partial charge < -0.3 is 5.11 Å². The lowest BCUT2D eigenvalue weighted by Gasteiger charge is -2.19. The second-order valence-electron chi connectivity index (χ2n) is 4.97. The number of carboxylic acids is 1. The van der Waals surface area contributed by atoms with Crippen LogP contribution in [0.15, 0.2) is 27.1 Å². The third-order valence-electron chi connectivity index (χ3n) is 2.83. The molecule has 1 N–H and O–H groups in total. The summed E-state index contributed by atoms with van der Waals surface area (Å²) in [5, 5.41) is 20.7. The topological polar surface area (TPSA) is 80.9 Å². The molecule has 0 saturated heterocycles. The van der Waals surface area contributed by atoms with E-state index in [1.807, 2.05) is 18.2 Å². The van der Waals surface area contributed by atoms with Gasteiger partial charge in [0.1, 0.15) is 0 Å². The molecule has 0 aliphatic carbocycles. The van der Waals surface area contributed by atoms with Crippen LogP contribution in [0.3, 0.4) is 0 Å². The van der Waals surface area contributed by atoms with Gasteiger partial charge in [-0.2, -0.15) is 0 Å². The summed E-state index contributed by atoms with van der Waals surface area (Å²) in [7, 11) is 0. The highest BCUT2D eigenvalue weighted by molar-refractivity contribution is 9.11. The molecule has 0 aliphatic rings. The predicted octanol–water partition coefficient (Wildman–Crippen LogP) is 2.98. The van der Waals surface area contributed by atoms with Crippen molar-refractivity contribution in [3.63, 3.8) is 0 Å². The standard InChI is InChI=1S/C12H12Br2N4O2/c1-12(2,11(19)20)6-18-10(15-16-17-18)8-4-3-7(13)5-9(8)14/h3-5H,6H2,1-2H3,(H,19,20). The Kier molecular flexibility index (Phi) is 4.24. The van der Waals surface area contributed by atoms with Crippen molar-refractivity contribution in [1.29, 1.82) is 0 Å². The second kappa shape index (κ2) is 5.61. The highest BCUT2D eigenvalue weighted by atomic mass is 79.9. The summed E-state index contributed by atoms with van der Waals surface area (Å²) in [6.45, 7) is 3.46. The Labute approximate surface area is 132 Å². The van der Waals surface area contributed by atoms with Crippen molar-refractivity contribution in [3.05, 3.63) is 27.1 Å². The molecule has 1 aromatic carbocycles. The van der Waals surface area contributed by atoms with Crippen molar-refractivity contribution in [2.75, 3.05) is 0 Å². The first-order valence-corrected chi connectivity index (χ1v) is 7.35. The third kappa shape index (κ3) is 3.06. The van der Waals surface area contributed by atoms with E-state index in [0.29, 0.717) is 5.82 Å². The van der Waals surface area contributed by atoms with Crippen LogP contribution in [0.25, 0.3) is 11.4 Å². The number of benzene rings is 1. The molecule has 0 aliphatic heterocycles. The van der Waals surface area contributed by atoms with Gasteiger partial charge in [0.15, 0.2) is 5.82 Å². The number of nitrogens with zero attached hydrogens (tertiary/aromatic N) is 4. The van der Waals surface area contributed by atoms with Crippen LogP contribution in [0.5, 0.6) is 0 Å². The zero-order valence-electron chi connectivity index (χ0n) is 10.8. The lowest BCUT2D eigenvalue weighted by atomic mass is 9.94. The van der Waals surface area contributed by atoms with Crippen LogP contribution < -0.4 is 0 Å². The normalized spacial score (nSPS) is 11.6. The summed E-state index contributed by atoms with van der Waals surface area (Å²) < 4.78 is 3.26. The molecule has 0 amide bonds. The minimum atomic E-state index is -0.952. The van der Waals surface area contributed by atoms with E-state index in [1.165, 1.54) is 4.68 Å². The molecule has 1 heterocycles. The van der Waals surface area contributed by atoms with Gasteiger partial charge in [-0.15, -0.1) is 5.10 Å². The van der Waals surface area contributed by atoms with Gasteiger partial charge >= 0.3 is 5.97 Å². The highest BCUT2D eigenvalue weighted by Crippen LogP contribution is 2.30.